The number of benzene rings is 1. The van der Waals surface area contributed by atoms with Gasteiger partial charge in [0.15, 0.2) is 5.04 Å². The van der Waals surface area contributed by atoms with E-state index in [9.17, 15) is 9.00 Å². The van der Waals surface area contributed by atoms with E-state index in [-0.39, 0.29) is 11.0 Å². The first-order valence-corrected chi connectivity index (χ1v) is 14.2. The van der Waals surface area contributed by atoms with Crippen molar-refractivity contribution in [2.45, 2.75) is 37.6 Å². The van der Waals surface area contributed by atoms with E-state index >= 15 is 0 Å². The molecule has 9 nitrogen and oxygen atoms in total. The lowest BCUT2D eigenvalue weighted by molar-refractivity contribution is -0.126. The zero-order chi connectivity index (χ0) is 26.4. The molecule has 0 spiro atoms. The van der Waals surface area contributed by atoms with Crippen LogP contribution in [-0.2, 0) is 15.8 Å². The first kappa shape index (κ1) is 28.6. The van der Waals surface area contributed by atoms with E-state index in [1.165, 1.54) is 12.8 Å². The van der Waals surface area contributed by atoms with Crippen molar-refractivity contribution in [3.8, 4) is 5.75 Å². The summed E-state index contributed by atoms with van der Waals surface area (Å²) in [5.41, 5.74) is 1.79. The summed E-state index contributed by atoms with van der Waals surface area (Å²) >= 11 is 1.16. The monoisotopic (exact) mass is 536 g/mol. The number of piperidine rings is 1. The summed E-state index contributed by atoms with van der Waals surface area (Å²) < 4.78 is 20.3. The number of aryl methyl sites for hydroxylation is 2. The molecule has 1 atom stereocenters. The molecule has 2 N–H and O–H groups in total. The third-order valence-corrected chi connectivity index (χ3v) is 9.45. The molecular weight excluding hydrogens is 496 g/mol. The summed E-state index contributed by atoms with van der Waals surface area (Å²) in [7, 11) is 4.16. The first-order valence-electron chi connectivity index (χ1n) is 12.3. The molecular formula is C25H40N6O3S2. The highest BCUT2D eigenvalue weighted by molar-refractivity contribution is 8.18. The van der Waals surface area contributed by atoms with E-state index in [4.69, 9.17) is 10.6 Å². The molecule has 2 saturated heterocycles. The number of likely N-dealkylation sites (N-methyl/N-ethyl adjacent to an activating group) is 1. The molecule has 2 aliphatic rings. The van der Waals surface area contributed by atoms with Crippen LogP contribution in [0.5, 0.6) is 5.75 Å². The van der Waals surface area contributed by atoms with E-state index in [0.717, 1.165) is 59.7 Å². The molecule has 1 aromatic carbocycles. The van der Waals surface area contributed by atoms with E-state index < -0.39 is 11.0 Å². The summed E-state index contributed by atoms with van der Waals surface area (Å²) in [6.45, 7) is 13.6. The second-order valence-corrected chi connectivity index (χ2v) is 12.3. The van der Waals surface area contributed by atoms with Gasteiger partial charge in [-0.25, -0.2) is 8.51 Å². The number of hydrogen-bond acceptors (Lipinski definition) is 8. The van der Waals surface area contributed by atoms with Gasteiger partial charge < -0.3 is 20.4 Å². The third kappa shape index (κ3) is 7.10. The lowest BCUT2D eigenvalue weighted by Crippen LogP contribution is -2.54. The Morgan fingerprint density at radius 3 is 2.31 bits per heavy atom. The fourth-order valence-electron chi connectivity index (χ4n) is 4.85. The summed E-state index contributed by atoms with van der Waals surface area (Å²) in [5, 5.41) is 3.99. The topological polar surface area (TPSA) is 94.7 Å². The molecule has 200 valence electrons. The number of methoxy groups -OCH3 is 1. The lowest BCUT2D eigenvalue weighted by atomic mass is 10.0. The van der Waals surface area contributed by atoms with Crippen molar-refractivity contribution < 1.29 is 13.7 Å². The highest BCUT2D eigenvalue weighted by Gasteiger charge is 2.30. The molecule has 0 aromatic heterocycles. The fourth-order valence-corrected chi connectivity index (χ4v) is 6.98. The van der Waals surface area contributed by atoms with E-state index in [2.05, 4.69) is 28.5 Å². The van der Waals surface area contributed by atoms with E-state index in [1.54, 1.807) is 18.5 Å². The Balaban J connectivity index is 1.52. The number of nitrogens with zero attached hydrogens (tertiary/aromatic N) is 5. The molecule has 0 bridgehead atoms. The first-order chi connectivity index (χ1) is 17.1. The van der Waals surface area contributed by atoms with Crippen LogP contribution in [0.4, 0.5) is 0 Å². The number of likely N-dealkylation sites (tertiary alicyclic amines) is 1. The molecule has 11 heteroatoms. The number of hydrazone groups is 1. The minimum Gasteiger partial charge on any atom is -0.497 e. The lowest BCUT2D eigenvalue weighted by Gasteiger charge is -2.42. The Kier molecular flexibility index (Phi) is 10.4. The quantitative estimate of drug-likeness (QED) is 0.247. The maximum absolute atomic E-state index is 13.2. The number of ether oxygens (including phenoxy) is 1. The Labute approximate surface area is 222 Å². The number of hydrogen-bond donors (Lipinski definition) is 1. The van der Waals surface area contributed by atoms with Crippen LogP contribution in [0.1, 0.15) is 24.0 Å². The Morgan fingerprint density at radius 1 is 1.19 bits per heavy atom. The van der Waals surface area contributed by atoms with Gasteiger partial charge in [0.1, 0.15) is 16.7 Å². The van der Waals surface area contributed by atoms with Crippen LogP contribution < -0.4 is 10.6 Å². The number of rotatable bonds is 7. The maximum atomic E-state index is 13.2. The molecule has 1 unspecified atom stereocenters. The van der Waals surface area contributed by atoms with Gasteiger partial charge in [0, 0.05) is 45.8 Å². The van der Waals surface area contributed by atoms with Crippen LogP contribution in [0, 0.1) is 13.8 Å². The largest absolute Gasteiger partial charge is 0.497 e. The number of carbonyl (C=O) groups is 1. The van der Waals surface area contributed by atoms with Crippen LogP contribution in [0.2, 0.25) is 0 Å². The van der Waals surface area contributed by atoms with Gasteiger partial charge in [-0.15, -0.1) is 0 Å². The predicted molar refractivity (Wildman–Crippen MR) is 149 cm³/mol. The highest BCUT2D eigenvalue weighted by Crippen LogP contribution is 2.27. The van der Waals surface area contributed by atoms with Crippen LogP contribution in [0.15, 0.2) is 33.6 Å². The highest BCUT2D eigenvalue weighted by atomic mass is 32.2. The van der Waals surface area contributed by atoms with Gasteiger partial charge in [-0.3, -0.25) is 9.69 Å². The maximum Gasteiger partial charge on any atom is 0.281 e. The van der Waals surface area contributed by atoms with Crippen molar-refractivity contribution in [3.63, 3.8) is 0 Å². The Morgan fingerprint density at radius 2 is 1.78 bits per heavy atom. The zero-order valence-electron chi connectivity index (χ0n) is 22.2. The molecule has 1 aromatic rings. The van der Waals surface area contributed by atoms with Gasteiger partial charge >= 0.3 is 0 Å². The average molecular weight is 537 g/mol. The molecule has 2 aliphatic heterocycles. The Hall–Kier alpha value is -1.92. The van der Waals surface area contributed by atoms with Gasteiger partial charge in [0.2, 0.25) is 0 Å². The summed E-state index contributed by atoms with van der Waals surface area (Å²) in [6, 6.07) is 4.36. The van der Waals surface area contributed by atoms with Crippen LogP contribution in [0.3, 0.4) is 0 Å². The predicted octanol–water partition coefficient (Wildman–Crippen LogP) is 2.02. The van der Waals surface area contributed by atoms with Crippen molar-refractivity contribution in [3.05, 3.63) is 34.7 Å². The van der Waals surface area contributed by atoms with Gasteiger partial charge in [-0.1, -0.05) is 18.3 Å². The zero-order valence-corrected chi connectivity index (χ0v) is 23.8. The average Bonchev–Trinajstić information content (AvgIpc) is 2.86. The smallest absolute Gasteiger partial charge is 0.281 e. The van der Waals surface area contributed by atoms with Gasteiger partial charge in [0.25, 0.3) is 5.91 Å². The van der Waals surface area contributed by atoms with Gasteiger partial charge in [-0.2, -0.15) is 5.10 Å². The molecule has 0 radical (unpaired) electrons. The van der Waals surface area contributed by atoms with Crippen molar-refractivity contribution >= 4 is 33.7 Å². The third-order valence-electron chi connectivity index (χ3n) is 6.87. The van der Waals surface area contributed by atoms with Crippen molar-refractivity contribution in [1.82, 2.24) is 19.0 Å². The van der Waals surface area contributed by atoms with Crippen molar-refractivity contribution in [1.29, 1.82) is 0 Å². The van der Waals surface area contributed by atoms with Gasteiger partial charge in [-0.05, 0) is 75.0 Å². The molecule has 3 rings (SSSR count). The number of piperazine rings is 1. The number of amides is 1. The standard InChI is InChI=1S/C25H40N6O3S2/c1-18-15-22(34-6)16-19(2)23(18)36(33)29(5)17-20(3)35-24(27-26)25(32)31-13-11-30(12-14-31)21-7-9-28(4)10-8-21/h15-16,21H,3,7-14,17,26H2,1-2,4-6H3. The minimum atomic E-state index is -1.39. The number of thioether (sulfide) groups is 1. The minimum absolute atomic E-state index is 0.169. The summed E-state index contributed by atoms with van der Waals surface area (Å²) in [6.07, 6.45) is 2.36. The van der Waals surface area contributed by atoms with Crippen LogP contribution in [-0.4, -0.2) is 107 Å². The SMILES string of the molecule is C=C(CN(C)S(=O)c1c(C)cc(OC)cc1C)SC(=NN)C(=O)N1CCN(C2CCN(C)CC2)CC1. The van der Waals surface area contributed by atoms with Crippen molar-refractivity contribution in [2.75, 3.05) is 67.0 Å². The molecule has 0 saturated carbocycles. The normalized spacial score (nSPS) is 19.5. The number of nitrogens with two attached hydrogens (primary N) is 1. The Bertz CT molecular complexity index is 979. The second-order valence-electron chi connectivity index (χ2n) is 9.56. The van der Waals surface area contributed by atoms with E-state index in [0.29, 0.717) is 30.6 Å². The summed E-state index contributed by atoms with van der Waals surface area (Å²) in [4.78, 5) is 21.2. The second kappa shape index (κ2) is 13.0. The molecule has 2 heterocycles. The van der Waals surface area contributed by atoms with Crippen LogP contribution >= 0.6 is 11.8 Å². The van der Waals surface area contributed by atoms with Crippen LogP contribution in [0.25, 0.3) is 0 Å². The van der Waals surface area contributed by atoms with Gasteiger partial charge in [0.05, 0.1) is 12.0 Å². The molecule has 0 aliphatic carbocycles. The summed E-state index contributed by atoms with van der Waals surface area (Å²) in [5.74, 6) is 6.18. The molecule has 36 heavy (non-hydrogen) atoms. The van der Waals surface area contributed by atoms with E-state index in [1.807, 2.05) is 30.9 Å². The molecule has 1 amide bonds. The number of carbonyl (C=O) groups excluding carboxylic acids is 1. The molecule has 2 fully saturated rings. The van der Waals surface area contributed by atoms with Crippen molar-refractivity contribution in [2.24, 2.45) is 10.9 Å². The fraction of sp³-hybridized carbons (Fsp3) is 0.600.